The average Bonchev–Trinajstić information content (AvgIpc) is 2.29. The second-order valence-corrected chi connectivity index (χ2v) is 5.57. The minimum absolute atomic E-state index is 0.623. The van der Waals surface area contributed by atoms with Crippen LogP contribution in [0.1, 0.15) is 37.8 Å². The summed E-state index contributed by atoms with van der Waals surface area (Å²) in [5.41, 5.74) is 1.78. The summed E-state index contributed by atoms with van der Waals surface area (Å²) in [5.74, 6) is 0.623. The number of hydrogen-bond donors (Lipinski definition) is 2. The highest BCUT2D eigenvalue weighted by atomic mass is 16.3. The van der Waals surface area contributed by atoms with Crippen LogP contribution >= 0.6 is 0 Å². The van der Waals surface area contributed by atoms with Crippen LogP contribution in [0.15, 0.2) is 24.3 Å². The van der Waals surface area contributed by atoms with Gasteiger partial charge in [-0.15, -0.1) is 0 Å². The van der Waals surface area contributed by atoms with Gasteiger partial charge in [-0.3, -0.25) is 0 Å². The van der Waals surface area contributed by atoms with Gasteiger partial charge in [0.15, 0.2) is 0 Å². The molecule has 0 fully saturated rings. The van der Waals surface area contributed by atoms with E-state index >= 15 is 0 Å². The molecule has 1 aliphatic rings. The molecule has 17 heavy (non-hydrogen) atoms. The summed E-state index contributed by atoms with van der Waals surface area (Å²) in [6.45, 7) is 6.00. The minimum atomic E-state index is -0.663. The first kappa shape index (κ1) is 12.6. The van der Waals surface area contributed by atoms with Crippen LogP contribution in [0, 0.1) is 5.92 Å². The Kier molecular flexibility index (Phi) is 3.85. The number of rotatable bonds is 4. The molecule has 2 N–H and O–H groups in total. The summed E-state index contributed by atoms with van der Waals surface area (Å²) in [6.07, 6.45) is 3.05. The third-order valence-corrected chi connectivity index (χ3v) is 3.53. The molecule has 1 atom stereocenters. The molecular formula is C15H23NO. The molecule has 94 valence electrons. The lowest BCUT2D eigenvalue weighted by Crippen LogP contribution is -2.41. The second-order valence-electron chi connectivity index (χ2n) is 5.57. The van der Waals surface area contributed by atoms with E-state index in [0.717, 1.165) is 31.4 Å². The zero-order valence-electron chi connectivity index (χ0n) is 10.9. The van der Waals surface area contributed by atoms with Crippen LogP contribution in [0.5, 0.6) is 0 Å². The Morgan fingerprint density at radius 2 is 2.12 bits per heavy atom. The van der Waals surface area contributed by atoms with E-state index in [2.05, 4.69) is 37.4 Å². The molecule has 0 spiro atoms. The maximum atomic E-state index is 10.8. The Balaban J connectivity index is 2.10. The van der Waals surface area contributed by atoms with Crippen molar-refractivity contribution in [3.8, 4) is 0 Å². The molecule has 1 aromatic rings. The lowest BCUT2D eigenvalue weighted by Gasteiger charge is -2.35. The van der Waals surface area contributed by atoms with Crippen molar-refractivity contribution in [3.63, 3.8) is 0 Å². The minimum Gasteiger partial charge on any atom is -0.384 e. The van der Waals surface area contributed by atoms with Crippen molar-refractivity contribution in [1.82, 2.24) is 5.32 Å². The van der Waals surface area contributed by atoms with Crippen LogP contribution in [0.4, 0.5) is 0 Å². The SMILES string of the molecule is CC(C)CNCC1(O)CCCc2ccccc21. The quantitative estimate of drug-likeness (QED) is 0.837. The molecule has 1 aromatic carbocycles. The normalized spacial score (nSPS) is 23.8. The maximum Gasteiger partial charge on any atom is 0.102 e. The van der Waals surface area contributed by atoms with Crippen LogP contribution in [-0.4, -0.2) is 18.2 Å². The van der Waals surface area contributed by atoms with E-state index in [9.17, 15) is 5.11 Å². The number of aryl methyl sites for hydroxylation is 1. The van der Waals surface area contributed by atoms with E-state index in [4.69, 9.17) is 0 Å². The third kappa shape index (κ3) is 2.88. The highest BCUT2D eigenvalue weighted by Gasteiger charge is 2.33. The van der Waals surface area contributed by atoms with Crippen LogP contribution in [0.3, 0.4) is 0 Å². The van der Waals surface area contributed by atoms with Crippen molar-refractivity contribution in [2.45, 2.75) is 38.7 Å². The van der Waals surface area contributed by atoms with E-state index in [1.54, 1.807) is 0 Å². The van der Waals surface area contributed by atoms with Gasteiger partial charge in [-0.05, 0) is 42.9 Å². The summed E-state index contributed by atoms with van der Waals surface area (Å²) in [6, 6.07) is 8.30. The Labute approximate surface area is 104 Å². The third-order valence-electron chi connectivity index (χ3n) is 3.53. The number of fused-ring (bicyclic) bond motifs is 1. The Morgan fingerprint density at radius 3 is 2.88 bits per heavy atom. The Morgan fingerprint density at radius 1 is 1.35 bits per heavy atom. The molecule has 2 heteroatoms. The van der Waals surface area contributed by atoms with Crippen molar-refractivity contribution in [2.24, 2.45) is 5.92 Å². The summed E-state index contributed by atoms with van der Waals surface area (Å²) < 4.78 is 0. The highest BCUT2D eigenvalue weighted by molar-refractivity contribution is 5.34. The van der Waals surface area contributed by atoms with Gasteiger partial charge in [0.25, 0.3) is 0 Å². The Bertz CT molecular complexity index is 375. The molecule has 2 nitrogen and oxygen atoms in total. The number of nitrogens with one attached hydrogen (secondary N) is 1. The first-order valence-electron chi connectivity index (χ1n) is 6.63. The maximum absolute atomic E-state index is 10.8. The molecule has 0 radical (unpaired) electrons. The summed E-state index contributed by atoms with van der Waals surface area (Å²) in [7, 11) is 0. The molecule has 1 unspecified atom stereocenters. The molecule has 0 aliphatic heterocycles. The first-order valence-corrected chi connectivity index (χ1v) is 6.63. The zero-order valence-corrected chi connectivity index (χ0v) is 10.9. The van der Waals surface area contributed by atoms with Crippen LogP contribution < -0.4 is 5.32 Å². The summed E-state index contributed by atoms with van der Waals surface area (Å²) in [5, 5.41) is 14.2. The summed E-state index contributed by atoms with van der Waals surface area (Å²) in [4.78, 5) is 0. The lowest BCUT2D eigenvalue weighted by atomic mass is 9.79. The fraction of sp³-hybridized carbons (Fsp3) is 0.600. The van der Waals surface area contributed by atoms with E-state index in [1.807, 2.05) is 6.07 Å². The molecule has 0 saturated carbocycles. The molecule has 0 bridgehead atoms. The average molecular weight is 233 g/mol. The van der Waals surface area contributed by atoms with Crippen molar-refractivity contribution >= 4 is 0 Å². The van der Waals surface area contributed by atoms with Gasteiger partial charge in [0, 0.05) is 6.54 Å². The molecule has 2 rings (SSSR count). The molecule has 0 heterocycles. The smallest absolute Gasteiger partial charge is 0.102 e. The van der Waals surface area contributed by atoms with Gasteiger partial charge in [-0.2, -0.15) is 0 Å². The molecule has 0 saturated heterocycles. The molecule has 1 aliphatic carbocycles. The van der Waals surface area contributed by atoms with E-state index in [1.165, 1.54) is 5.56 Å². The number of benzene rings is 1. The van der Waals surface area contributed by atoms with Crippen molar-refractivity contribution in [2.75, 3.05) is 13.1 Å². The van der Waals surface area contributed by atoms with Crippen LogP contribution in [0.25, 0.3) is 0 Å². The van der Waals surface area contributed by atoms with Crippen molar-refractivity contribution in [1.29, 1.82) is 0 Å². The molecule has 0 aromatic heterocycles. The van der Waals surface area contributed by atoms with Gasteiger partial charge in [-0.25, -0.2) is 0 Å². The van der Waals surface area contributed by atoms with Gasteiger partial charge < -0.3 is 10.4 Å². The fourth-order valence-electron chi connectivity index (χ4n) is 2.65. The number of aliphatic hydroxyl groups is 1. The topological polar surface area (TPSA) is 32.3 Å². The zero-order chi connectivity index (χ0) is 12.3. The standard InChI is InChI=1S/C15H23NO/c1-12(2)10-16-11-15(17)9-5-7-13-6-3-4-8-14(13)15/h3-4,6,8,12,16-17H,5,7,9-11H2,1-2H3. The van der Waals surface area contributed by atoms with E-state index in [0.29, 0.717) is 12.5 Å². The lowest BCUT2D eigenvalue weighted by molar-refractivity contribution is 0.0188. The van der Waals surface area contributed by atoms with Gasteiger partial charge in [0.1, 0.15) is 5.60 Å². The first-order chi connectivity index (χ1) is 8.12. The van der Waals surface area contributed by atoms with Crippen molar-refractivity contribution in [3.05, 3.63) is 35.4 Å². The predicted octanol–water partition coefficient (Wildman–Crippen LogP) is 2.46. The monoisotopic (exact) mass is 233 g/mol. The van der Waals surface area contributed by atoms with Crippen LogP contribution in [-0.2, 0) is 12.0 Å². The van der Waals surface area contributed by atoms with Gasteiger partial charge in [0.2, 0.25) is 0 Å². The van der Waals surface area contributed by atoms with Gasteiger partial charge in [0.05, 0.1) is 0 Å². The van der Waals surface area contributed by atoms with E-state index < -0.39 is 5.60 Å². The van der Waals surface area contributed by atoms with Crippen molar-refractivity contribution < 1.29 is 5.11 Å². The molecular weight excluding hydrogens is 210 g/mol. The van der Waals surface area contributed by atoms with Gasteiger partial charge in [-0.1, -0.05) is 38.1 Å². The Hall–Kier alpha value is -0.860. The van der Waals surface area contributed by atoms with Gasteiger partial charge >= 0.3 is 0 Å². The largest absolute Gasteiger partial charge is 0.384 e. The second kappa shape index (κ2) is 5.19. The predicted molar refractivity (Wildman–Crippen MR) is 71.0 cm³/mol. The highest BCUT2D eigenvalue weighted by Crippen LogP contribution is 2.34. The number of hydrogen-bond acceptors (Lipinski definition) is 2. The summed E-state index contributed by atoms with van der Waals surface area (Å²) >= 11 is 0. The van der Waals surface area contributed by atoms with Crippen LogP contribution in [0.2, 0.25) is 0 Å². The fourth-order valence-corrected chi connectivity index (χ4v) is 2.65. The van der Waals surface area contributed by atoms with E-state index in [-0.39, 0.29) is 0 Å². The molecule has 0 amide bonds.